The van der Waals surface area contributed by atoms with E-state index in [9.17, 15) is 0 Å². The van der Waals surface area contributed by atoms with Crippen molar-refractivity contribution < 1.29 is 4.90 Å². The first-order valence-electron chi connectivity index (χ1n) is 7.56. The van der Waals surface area contributed by atoms with Crippen molar-refractivity contribution in [3.8, 4) is 0 Å². The number of nitrogens with zero attached hydrogens (tertiary/aromatic N) is 1. The number of fused-ring (bicyclic) bond motifs is 5. The van der Waals surface area contributed by atoms with Crippen molar-refractivity contribution in [3.63, 3.8) is 0 Å². The van der Waals surface area contributed by atoms with Crippen molar-refractivity contribution in [2.45, 2.75) is 12.5 Å². The summed E-state index contributed by atoms with van der Waals surface area (Å²) in [6.45, 7) is 3.58. The van der Waals surface area contributed by atoms with Crippen LogP contribution in [0.2, 0.25) is 0 Å². The van der Waals surface area contributed by atoms with Crippen LogP contribution in [0.5, 0.6) is 0 Å². The highest BCUT2D eigenvalue weighted by atomic mass is 15.3. The Morgan fingerprint density at radius 1 is 1.00 bits per heavy atom. The van der Waals surface area contributed by atoms with Crippen LogP contribution in [-0.2, 0) is 6.42 Å². The number of para-hydroxylation sites is 1. The number of rotatable bonds is 0. The smallest absolute Gasteiger partial charge is 0.104 e. The van der Waals surface area contributed by atoms with E-state index in [2.05, 4.69) is 60.5 Å². The van der Waals surface area contributed by atoms with Gasteiger partial charge in [0.15, 0.2) is 0 Å². The normalized spacial score (nSPS) is 24.4. The molecule has 0 radical (unpaired) electrons. The van der Waals surface area contributed by atoms with Gasteiger partial charge in [-0.3, -0.25) is 0 Å². The minimum Gasteiger partial charge on any atom is -0.353 e. The van der Waals surface area contributed by atoms with Crippen LogP contribution >= 0.6 is 0 Å². The number of nitrogens with one attached hydrogen (secondary N) is 1. The molecule has 102 valence electrons. The van der Waals surface area contributed by atoms with E-state index < -0.39 is 0 Å². The maximum Gasteiger partial charge on any atom is 0.104 e. The highest BCUT2D eigenvalue weighted by molar-refractivity contribution is 5.60. The molecular formula is C18H21N2+. The number of hydrogen-bond donors (Lipinski definition) is 1. The molecule has 0 spiro atoms. The summed E-state index contributed by atoms with van der Waals surface area (Å²) in [6, 6.07) is 18.5. The molecule has 0 aromatic heterocycles. The van der Waals surface area contributed by atoms with Crippen LogP contribution in [0.4, 0.5) is 5.69 Å². The van der Waals surface area contributed by atoms with Gasteiger partial charge >= 0.3 is 0 Å². The summed E-state index contributed by atoms with van der Waals surface area (Å²) in [5.41, 5.74) is 5.95. The van der Waals surface area contributed by atoms with Crippen molar-refractivity contribution in [3.05, 3.63) is 65.2 Å². The summed E-state index contributed by atoms with van der Waals surface area (Å²) in [4.78, 5) is 4.27. The molecule has 2 heteroatoms. The van der Waals surface area contributed by atoms with E-state index in [0.717, 1.165) is 13.0 Å². The van der Waals surface area contributed by atoms with Crippen LogP contribution < -0.4 is 9.80 Å². The lowest BCUT2D eigenvalue weighted by Gasteiger charge is -2.39. The summed E-state index contributed by atoms with van der Waals surface area (Å²) in [5, 5.41) is 0. The summed E-state index contributed by atoms with van der Waals surface area (Å²) >= 11 is 0. The molecule has 1 fully saturated rings. The number of likely N-dealkylation sites (N-methyl/N-ethyl adjacent to an activating group) is 1. The zero-order chi connectivity index (χ0) is 13.5. The van der Waals surface area contributed by atoms with Crippen LogP contribution in [0.1, 0.15) is 22.7 Å². The zero-order valence-electron chi connectivity index (χ0n) is 12.0. The number of hydrogen-bond acceptors (Lipinski definition) is 1. The third-order valence-electron chi connectivity index (χ3n) is 4.79. The molecule has 20 heavy (non-hydrogen) atoms. The average molecular weight is 265 g/mol. The van der Waals surface area contributed by atoms with Crippen LogP contribution in [0.3, 0.4) is 0 Å². The van der Waals surface area contributed by atoms with Crippen LogP contribution in [0.15, 0.2) is 48.5 Å². The second kappa shape index (κ2) is 4.64. The van der Waals surface area contributed by atoms with Crippen molar-refractivity contribution in [1.82, 2.24) is 0 Å². The second-order valence-corrected chi connectivity index (χ2v) is 6.12. The van der Waals surface area contributed by atoms with Crippen LogP contribution in [-0.4, -0.2) is 26.7 Å². The van der Waals surface area contributed by atoms with Crippen molar-refractivity contribution in [2.24, 2.45) is 0 Å². The Bertz CT molecular complexity index is 635. The number of benzene rings is 2. The Balaban J connectivity index is 1.90. The lowest BCUT2D eigenvalue weighted by Crippen LogP contribution is -3.12. The van der Waals surface area contributed by atoms with Gasteiger partial charge in [0.2, 0.25) is 0 Å². The fourth-order valence-electron chi connectivity index (χ4n) is 3.74. The lowest BCUT2D eigenvalue weighted by atomic mass is 9.96. The quantitative estimate of drug-likeness (QED) is 0.761. The second-order valence-electron chi connectivity index (χ2n) is 6.12. The van der Waals surface area contributed by atoms with Gasteiger partial charge in [-0.25, -0.2) is 0 Å². The fourth-order valence-corrected chi connectivity index (χ4v) is 3.74. The molecule has 2 nitrogen and oxygen atoms in total. The van der Waals surface area contributed by atoms with E-state index >= 15 is 0 Å². The fraction of sp³-hybridized carbons (Fsp3) is 0.333. The minimum atomic E-state index is 0.531. The molecule has 2 aromatic rings. The highest BCUT2D eigenvalue weighted by Crippen LogP contribution is 2.36. The lowest BCUT2D eigenvalue weighted by molar-refractivity contribution is -0.883. The first kappa shape index (κ1) is 12.0. The Hall–Kier alpha value is -1.80. The zero-order valence-corrected chi connectivity index (χ0v) is 12.0. The Morgan fingerprint density at radius 3 is 2.65 bits per heavy atom. The predicted octanol–water partition coefficient (Wildman–Crippen LogP) is 1.67. The SMILES string of the molecule is C[NH+]1CCN2c3ccccc3Cc3ccccc3[C@@H]2C1. The van der Waals surface area contributed by atoms with Gasteiger partial charge in [-0.1, -0.05) is 42.5 Å². The summed E-state index contributed by atoms with van der Waals surface area (Å²) in [7, 11) is 2.32. The third-order valence-corrected chi connectivity index (χ3v) is 4.79. The van der Waals surface area contributed by atoms with Gasteiger partial charge in [-0.2, -0.15) is 0 Å². The maximum atomic E-state index is 2.63. The Kier molecular flexibility index (Phi) is 2.78. The molecule has 0 aliphatic carbocycles. The van der Waals surface area contributed by atoms with Gasteiger partial charge in [0.05, 0.1) is 20.1 Å². The van der Waals surface area contributed by atoms with Crippen LogP contribution in [0, 0.1) is 0 Å². The molecule has 0 saturated carbocycles. The van der Waals surface area contributed by atoms with E-state index in [1.807, 2.05) is 0 Å². The first-order chi connectivity index (χ1) is 9.83. The molecule has 0 bridgehead atoms. The third kappa shape index (κ3) is 1.83. The van der Waals surface area contributed by atoms with Gasteiger partial charge in [-0.15, -0.1) is 0 Å². The largest absolute Gasteiger partial charge is 0.353 e. The monoisotopic (exact) mass is 265 g/mol. The molecule has 1 unspecified atom stereocenters. The molecule has 4 rings (SSSR count). The van der Waals surface area contributed by atoms with Crippen molar-refractivity contribution >= 4 is 5.69 Å². The molecule has 1 N–H and O–H groups in total. The minimum absolute atomic E-state index is 0.531. The van der Waals surface area contributed by atoms with E-state index in [0.29, 0.717) is 6.04 Å². The highest BCUT2D eigenvalue weighted by Gasteiger charge is 2.33. The molecule has 2 aromatic carbocycles. The molecule has 2 aliphatic heterocycles. The van der Waals surface area contributed by atoms with Gasteiger partial charge in [-0.05, 0) is 29.2 Å². The average Bonchev–Trinajstić information content (AvgIpc) is 2.61. The maximum absolute atomic E-state index is 2.63. The molecule has 0 amide bonds. The van der Waals surface area contributed by atoms with Gasteiger partial charge in [0, 0.05) is 5.69 Å². The predicted molar refractivity (Wildman–Crippen MR) is 82.4 cm³/mol. The first-order valence-corrected chi connectivity index (χ1v) is 7.56. The topological polar surface area (TPSA) is 7.68 Å². The molecule has 2 heterocycles. The summed E-state index contributed by atoms with van der Waals surface area (Å²) in [5.74, 6) is 0. The van der Waals surface area contributed by atoms with E-state index in [-0.39, 0.29) is 0 Å². The van der Waals surface area contributed by atoms with E-state index in [1.165, 1.54) is 35.5 Å². The van der Waals surface area contributed by atoms with Gasteiger partial charge in [0.25, 0.3) is 0 Å². The van der Waals surface area contributed by atoms with E-state index in [1.54, 1.807) is 4.90 Å². The Labute approximate surface area is 120 Å². The number of anilines is 1. The standard InChI is InChI=1S/C18H20N2/c1-19-10-11-20-17-9-5-3-7-15(17)12-14-6-2-4-8-16(14)18(20)13-19/h2-9,18H,10-13H2,1H3/p+1/t18-/m0/s1. The van der Waals surface area contributed by atoms with E-state index in [4.69, 9.17) is 0 Å². The molecular weight excluding hydrogens is 244 g/mol. The summed E-state index contributed by atoms with van der Waals surface area (Å²) in [6.07, 6.45) is 1.07. The van der Waals surface area contributed by atoms with Gasteiger partial charge in [0.1, 0.15) is 12.6 Å². The molecule has 1 saturated heterocycles. The van der Waals surface area contributed by atoms with Crippen molar-refractivity contribution in [2.75, 3.05) is 31.6 Å². The Morgan fingerprint density at radius 2 is 1.75 bits per heavy atom. The number of piperazine rings is 1. The van der Waals surface area contributed by atoms with Crippen LogP contribution in [0.25, 0.3) is 0 Å². The number of quaternary nitrogens is 1. The summed E-state index contributed by atoms with van der Waals surface area (Å²) < 4.78 is 0. The molecule has 2 aliphatic rings. The molecule has 2 atom stereocenters. The van der Waals surface area contributed by atoms with Gasteiger partial charge < -0.3 is 9.80 Å². The van der Waals surface area contributed by atoms with Crippen molar-refractivity contribution in [1.29, 1.82) is 0 Å².